The number of carbonyl (C=O) groups is 1. The third kappa shape index (κ3) is 7.31. The van der Waals surface area contributed by atoms with Gasteiger partial charge >= 0.3 is 0 Å². The summed E-state index contributed by atoms with van der Waals surface area (Å²) in [6.45, 7) is 5.78. The molecule has 1 amide bonds. The van der Waals surface area contributed by atoms with Crippen molar-refractivity contribution >= 4 is 50.5 Å². The number of para-hydroxylation sites is 1. The van der Waals surface area contributed by atoms with E-state index in [1.807, 2.05) is 19.9 Å². The zero-order valence-corrected chi connectivity index (χ0v) is 24.2. The summed E-state index contributed by atoms with van der Waals surface area (Å²) in [5, 5.41) is 20.2. The highest BCUT2D eigenvalue weighted by atomic mass is 32.2. The number of hydrogen-bond donors (Lipinski definition) is 3. The molecule has 0 radical (unpaired) electrons. The number of sulfonamides is 1. The minimum atomic E-state index is -3.85. The number of thioether (sulfide) groups is 1. The molecule has 0 aliphatic rings. The summed E-state index contributed by atoms with van der Waals surface area (Å²) < 4.78 is 24.6. The highest BCUT2D eigenvalue weighted by Gasteiger charge is 2.15. The number of amides is 1. The number of hydrazone groups is 1. The molecule has 1 aromatic heterocycles. The average molecular weight is 595 g/mol. The fourth-order valence-electron chi connectivity index (χ4n) is 4.13. The Hall–Kier alpha value is -4.20. The Morgan fingerprint density at radius 2 is 1.83 bits per heavy atom. The van der Waals surface area contributed by atoms with Gasteiger partial charge in [-0.25, -0.2) is 24.0 Å². The van der Waals surface area contributed by atoms with Crippen LogP contribution in [0.15, 0.2) is 86.7 Å². The van der Waals surface area contributed by atoms with Gasteiger partial charge in [-0.2, -0.15) is 5.10 Å². The van der Waals surface area contributed by atoms with Gasteiger partial charge in [0.2, 0.25) is 10.0 Å². The van der Waals surface area contributed by atoms with Gasteiger partial charge in [0.1, 0.15) is 5.75 Å². The van der Waals surface area contributed by atoms with E-state index in [-0.39, 0.29) is 28.5 Å². The fraction of sp³-hybridized carbons (Fsp3) is 0.214. The molecule has 0 aliphatic heterocycles. The maximum Gasteiger partial charge on any atom is 0.262 e. The first-order chi connectivity index (χ1) is 19.6. The molecule has 11 nitrogen and oxygen atoms in total. The van der Waals surface area contributed by atoms with E-state index in [4.69, 9.17) is 5.14 Å². The van der Waals surface area contributed by atoms with Gasteiger partial charge in [-0.1, -0.05) is 36.0 Å². The van der Waals surface area contributed by atoms with Crippen LogP contribution in [-0.4, -0.2) is 54.0 Å². The third-order valence-electron chi connectivity index (χ3n) is 6.29. The van der Waals surface area contributed by atoms with Crippen LogP contribution in [0.1, 0.15) is 25.0 Å². The van der Waals surface area contributed by atoms with Gasteiger partial charge in [0, 0.05) is 30.4 Å². The van der Waals surface area contributed by atoms with Gasteiger partial charge in [0.25, 0.3) is 11.5 Å². The lowest BCUT2D eigenvalue weighted by atomic mass is 10.2. The number of anilines is 1. The Balaban J connectivity index is 1.49. The lowest BCUT2D eigenvalue weighted by molar-refractivity contribution is -0.118. The number of phenolic OH excluding ortho intramolecular Hbond substituents is 1. The van der Waals surface area contributed by atoms with Crippen LogP contribution in [0.2, 0.25) is 0 Å². The average Bonchev–Trinajstić information content (AvgIpc) is 2.95. The Morgan fingerprint density at radius 3 is 2.49 bits per heavy atom. The molecule has 0 bridgehead atoms. The van der Waals surface area contributed by atoms with Gasteiger partial charge in [-0.05, 0) is 55.8 Å². The highest BCUT2D eigenvalue weighted by molar-refractivity contribution is 7.99. The zero-order chi connectivity index (χ0) is 29.6. The maximum absolute atomic E-state index is 13.3. The molecule has 13 heteroatoms. The lowest BCUT2D eigenvalue weighted by Gasteiger charge is -2.21. The summed E-state index contributed by atoms with van der Waals surface area (Å²) in [7, 11) is -3.85. The highest BCUT2D eigenvalue weighted by Crippen LogP contribution is 2.24. The van der Waals surface area contributed by atoms with Crippen LogP contribution >= 0.6 is 11.8 Å². The van der Waals surface area contributed by atoms with E-state index < -0.39 is 15.9 Å². The standard InChI is InChI=1S/C28H30N6O5S2/c1-3-33(4-2)21-12-11-20(25(35)15-21)16-30-32-26(36)18-40-28-31-24-8-6-5-7-23(24)27(37)34(28)17-19-9-13-22(14-10-19)41(29,38)39/h5-16,35H,3-4,17-18H2,1-2H3,(H,32,36)(H2,29,38,39)/b30-16+. The van der Waals surface area contributed by atoms with Crippen LogP contribution in [0.25, 0.3) is 10.9 Å². The predicted molar refractivity (Wildman–Crippen MR) is 161 cm³/mol. The Labute approximate surface area is 241 Å². The normalized spacial score (nSPS) is 11.7. The first-order valence-electron chi connectivity index (χ1n) is 12.7. The SMILES string of the molecule is CCN(CC)c1ccc(/C=N/NC(=O)CSc2nc3ccccc3c(=O)n2Cc2ccc(S(N)(=O)=O)cc2)c(O)c1. The van der Waals surface area contributed by atoms with E-state index in [9.17, 15) is 23.1 Å². The molecule has 4 aromatic rings. The van der Waals surface area contributed by atoms with E-state index in [1.165, 1.54) is 22.9 Å². The van der Waals surface area contributed by atoms with Crippen molar-refractivity contribution in [2.75, 3.05) is 23.7 Å². The van der Waals surface area contributed by atoms with Crippen LogP contribution in [0.5, 0.6) is 5.75 Å². The number of nitrogens with two attached hydrogens (primary N) is 1. The largest absolute Gasteiger partial charge is 0.507 e. The molecule has 0 saturated heterocycles. The molecule has 0 saturated carbocycles. The van der Waals surface area contributed by atoms with Gasteiger partial charge < -0.3 is 10.0 Å². The smallest absolute Gasteiger partial charge is 0.262 e. The number of fused-ring (bicyclic) bond motifs is 1. The maximum atomic E-state index is 13.3. The summed E-state index contributed by atoms with van der Waals surface area (Å²) >= 11 is 1.07. The summed E-state index contributed by atoms with van der Waals surface area (Å²) in [5.74, 6) is -0.473. The molecule has 4 rings (SSSR count). The Bertz CT molecular complexity index is 1750. The summed E-state index contributed by atoms with van der Waals surface area (Å²) in [4.78, 5) is 32.5. The molecular weight excluding hydrogens is 564 g/mol. The number of hydrogen-bond acceptors (Lipinski definition) is 9. The lowest BCUT2D eigenvalue weighted by Crippen LogP contribution is -2.25. The van der Waals surface area contributed by atoms with E-state index in [0.717, 1.165) is 30.5 Å². The van der Waals surface area contributed by atoms with Crippen molar-refractivity contribution in [3.8, 4) is 5.75 Å². The van der Waals surface area contributed by atoms with Gasteiger partial charge in [0.05, 0.1) is 34.3 Å². The van der Waals surface area contributed by atoms with E-state index >= 15 is 0 Å². The molecule has 0 fully saturated rings. The number of rotatable bonds is 11. The van der Waals surface area contributed by atoms with Crippen molar-refractivity contribution in [2.24, 2.45) is 10.2 Å². The molecule has 41 heavy (non-hydrogen) atoms. The van der Waals surface area contributed by atoms with Gasteiger partial charge in [-0.15, -0.1) is 0 Å². The predicted octanol–water partition coefficient (Wildman–Crippen LogP) is 2.89. The van der Waals surface area contributed by atoms with Gasteiger partial charge in [0.15, 0.2) is 5.16 Å². The minimum absolute atomic E-state index is 0.0368. The van der Waals surface area contributed by atoms with Crippen LogP contribution < -0.4 is 21.0 Å². The monoisotopic (exact) mass is 594 g/mol. The topological polar surface area (TPSA) is 160 Å². The Kier molecular flexibility index (Phi) is 9.42. The molecule has 0 atom stereocenters. The number of aromatic nitrogens is 2. The van der Waals surface area contributed by atoms with Crippen LogP contribution in [-0.2, 0) is 21.4 Å². The molecule has 0 aliphatic carbocycles. The molecular formula is C28H30N6O5S2. The van der Waals surface area contributed by atoms with Crippen molar-refractivity contribution in [3.05, 3.63) is 88.2 Å². The number of aromatic hydroxyl groups is 1. The van der Waals surface area contributed by atoms with Crippen molar-refractivity contribution in [1.82, 2.24) is 15.0 Å². The number of carbonyl (C=O) groups excluding carboxylic acids is 1. The number of nitrogens with one attached hydrogen (secondary N) is 1. The first kappa shape index (κ1) is 29.8. The quantitative estimate of drug-likeness (QED) is 0.103. The molecule has 3 aromatic carbocycles. The molecule has 0 spiro atoms. The fourth-order valence-corrected chi connectivity index (χ4v) is 5.43. The number of phenols is 1. The van der Waals surface area contributed by atoms with E-state index in [1.54, 1.807) is 48.5 Å². The summed E-state index contributed by atoms with van der Waals surface area (Å²) in [5.41, 5.74) is 4.62. The summed E-state index contributed by atoms with van der Waals surface area (Å²) in [6.07, 6.45) is 1.36. The van der Waals surface area contributed by atoms with Crippen LogP contribution in [0, 0.1) is 0 Å². The van der Waals surface area contributed by atoms with Crippen LogP contribution in [0.3, 0.4) is 0 Å². The second kappa shape index (κ2) is 13.0. The van der Waals surface area contributed by atoms with Crippen molar-refractivity contribution < 1.29 is 18.3 Å². The van der Waals surface area contributed by atoms with Crippen LogP contribution in [0.4, 0.5) is 5.69 Å². The zero-order valence-electron chi connectivity index (χ0n) is 22.5. The second-order valence-electron chi connectivity index (χ2n) is 8.99. The van der Waals surface area contributed by atoms with E-state index in [2.05, 4.69) is 20.4 Å². The first-order valence-corrected chi connectivity index (χ1v) is 15.3. The van der Waals surface area contributed by atoms with E-state index in [0.29, 0.717) is 27.2 Å². The third-order valence-corrected chi connectivity index (χ3v) is 8.19. The molecule has 0 unspecified atom stereocenters. The molecule has 1 heterocycles. The second-order valence-corrected chi connectivity index (χ2v) is 11.5. The van der Waals surface area contributed by atoms with Gasteiger partial charge in [-0.3, -0.25) is 14.2 Å². The molecule has 4 N–H and O–H groups in total. The van der Waals surface area contributed by atoms with Crippen molar-refractivity contribution in [2.45, 2.75) is 30.4 Å². The minimum Gasteiger partial charge on any atom is -0.507 e. The van der Waals surface area contributed by atoms with Crippen molar-refractivity contribution in [1.29, 1.82) is 0 Å². The number of nitrogens with zero attached hydrogens (tertiary/aromatic N) is 4. The Morgan fingerprint density at radius 1 is 1.12 bits per heavy atom. The van der Waals surface area contributed by atoms with Crippen molar-refractivity contribution in [3.63, 3.8) is 0 Å². The molecule has 214 valence electrons. The summed E-state index contributed by atoms with van der Waals surface area (Å²) in [6, 6.07) is 18.0. The number of benzene rings is 3. The number of primary sulfonamides is 1.